The van der Waals surface area contributed by atoms with Gasteiger partial charge in [-0.15, -0.1) is 11.3 Å². The second-order valence-electron chi connectivity index (χ2n) is 6.76. The minimum atomic E-state index is -0.169. The molecule has 6 nitrogen and oxygen atoms in total. The first kappa shape index (κ1) is 17.9. The molecule has 1 aromatic carbocycles. The molecule has 3 aromatic rings. The van der Waals surface area contributed by atoms with E-state index in [9.17, 15) is 9.59 Å². The molecule has 140 valence electrons. The number of amides is 1. The van der Waals surface area contributed by atoms with E-state index in [1.807, 2.05) is 31.2 Å². The van der Waals surface area contributed by atoms with Crippen molar-refractivity contribution in [3.8, 4) is 0 Å². The first-order valence-corrected chi connectivity index (χ1v) is 9.78. The molecular weight excluding hydrogens is 362 g/mol. The van der Waals surface area contributed by atoms with Crippen molar-refractivity contribution in [1.29, 1.82) is 0 Å². The van der Waals surface area contributed by atoms with Crippen LogP contribution in [0, 0.1) is 6.92 Å². The van der Waals surface area contributed by atoms with E-state index in [4.69, 9.17) is 4.74 Å². The standard InChI is InChI=1S/C20H21N3O3S/c1-12-16-19(22-15-7-4-8-23(15)20(16)25)27-17(12)18(24)21-10-13-5-3-6-14(9-13)11-26-2/h3,5-6,9H,4,7-8,10-11H2,1-2H3,(H,21,24). The SMILES string of the molecule is COCc1cccc(CNC(=O)c2sc3nc4n(c(=O)c3c2C)CCC4)c1. The first-order valence-electron chi connectivity index (χ1n) is 8.96. The number of hydrogen-bond acceptors (Lipinski definition) is 5. The molecule has 1 N–H and O–H groups in total. The molecule has 0 spiro atoms. The third kappa shape index (κ3) is 3.28. The Kier molecular flexibility index (Phi) is 4.80. The predicted octanol–water partition coefficient (Wildman–Crippen LogP) is 2.79. The molecule has 1 aliphatic heterocycles. The number of methoxy groups -OCH3 is 1. The van der Waals surface area contributed by atoms with Crippen molar-refractivity contribution in [2.24, 2.45) is 0 Å². The van der Waals surface area contributed by atoms with Crippen LogP contribution in [-0.2, 0) is 30.9 Å². The summed E-state index contributed by atoms with van der Waals surface area (Å²) in [4.78, 5) is 31.3. The number of rotatable bonds is 5. The van der Waals surface area contributed by atoms with Crippen molar-refractivity contribution in [3.05, 3.63) is 62.0 Å². The molecule has 2 aromatic heterocycles. The number of fused-ring (bicyclic) bond motifs is 2. The van der Waals surface area contributed by atoms with Gasteiger partial charge in [0.05, 0.1) is 16.9 Å². The maximum absolute atomic E-state index is 12.7. The molecule has 0 radical (unpaired) electrons. The van der Waals surface area contributed by atoms with Gasteiger partial charge in [-0.2, -0.15) is 0 Å². The molecule has 0 bridgehead atoms. The Morgan fingerprint density at radius 2 is 2.19 bits per heavy atom. The summed E-state index contributed by atoms with van der Waals surface area (Å²) in [6.07, 6.45) is 1.77. The summed E-state index contributed by atoms with van der Waals surface area (Å²) in [7, 11) is 1.66. The van der Waals surface area contributed by atoms with Crippen molar-refractivity contribution >= 4 is 27.5 Å². The lowest BCUT2D eigenvalue weighted by atomic mass is 10.1. The van der Waals surface area contributed by atoms with E-state index in [-0.39, 0.29) is 11.5 Å². The lowest BCUT2D eigenvalue weighted by Crippen LogP contribution is -2.23. The van der Waals surface area contributed by atoms with Gasteiger partial charge in [-0.05, 0) is 30.0 Å². The average Bonchev–Trinajstić information content (AvgIpc) is 3.26. The van der Waals surface area contributed by atoms with Gasteiger partial charge in [0.1, 0.15) is 10.7 Å². The number of carbonyl (C=O) groups is 1. The van der Waals surface area contributed by atoms with Crippen molar-refractivity contribution < 1.29 is 9.53 Å². The molecule has 0 saturated heterocycles. The van der Waals surface area contributed by atoms with Gasteiger partial charge in [-0.25, -0.2) is 4.98 Å². The minimum Gasteiger partial charge on any atom is -0.380 e. The Morgan fingerprint density at radius 3 is 3.00 bits per heavy atom. The van der Waals surface area contributed by atoms with E-state index in [0.717, 1.165) is 35.4 Å². The Bertz CT molecular complexity index is 1080. The molecule has 1 aliphatic rings. The molecule has 0 aliphatic carbocycles. The number of aryl methyl sites for hydroxylation is 2. The second kappa shape index (κ2) is 7.25. The molecule has 0 unspecified atom stereocenters. The molecular formula is C20H21N3O3S. The lowest BCUT2D eigenvalue weighted by Gasteiger charge is -2.07. The molecule has 7 heteroatoms. The lowest BCUT2D eigenvalue weighted by molar-refractivity contribution is 0.0954. The van der Waals surface area contributed by atoms with Gasteiger partial charge in [-0.1, -0.05) is 24.3 Å². The number of thiophene rings is 1. The Labute approximate surface area is 160 Å². The highest BCUT2D eigenvalue weighted by Gasteiger charge is 2.23. The van der Waals surface area contributed by atoms with Crippen LogP contribution in [0.3, 0.4) is 0 Å². The molecule has 0 atom stereocenters. The average molecular weight is 383 g/mol. The topological polar surface area (TPSA) is 73.2 Å². The second-order valence-corrected chi connectivity index (χ2v) is 7.76. The van der Waals surface area contributed by atoms with Gasteiger partial charge in [0, 0.05) is 26.6 Å². The van der Waals surface area contributed by atoms with Crippen LogP contribution in [-0.4, -0.2) is 22.6 Å². The number of ether oxygens (including phenoxy) is 1. The maximum Gasteiger partial charge on any atom is 0.262 e. The summed E-state index contributed by atoms with van der Waals surface area (Å²) < 4.78 is 6.89. The molecule has 0 fully saturated rings. The normalized spacial score (nSPS) is 13.1. The van der Waals surface area contributed by atoms with Crippen LogP contribution in [0.5, 0.6) is 0 Å². The maximum atomic E-state index is 12.7. The summed E-state index contributed by atoms with van der Waals surface area (Å²) in [5.41, 5.74) is 2.77. The largest absolute Gasteiger partial charge is 0.380 e. The van der Waals surface area contributed by atoms with Crippen LogP contribution in [0.2, 0.25) is 0 Å². The van der Waals surface area contributed by atoms with E-state index < -0.39 is 0 Å². The number of hydrogen-bond donors (Lipinski definition) is 1. The minimum absolute atomic E-state index is 0.0208. The van der Waals surface area contributed by atoms with E-state index >= 15 is 0 Å². The van der Waals surface area contributed by atoms with Crippen LogP contribution in [0.25, 0.3) is 10.2 Å². The molecule has 1 amide bonds. The smallest absolute Gasteiger partial charge is 0.262 e. The highest BCUT2D eigenvalue weighted by molar-refractivity contribution is 7.20. The molecule has 4 rings (SSSR count). The van der Waals surface area contributed by atoms with Crippen LogP contribution < -0.4 is 10.9 Å². The van der Waals surface area contributed by atoms with Gasteiger partial charge in [-0.3, -0.25) is 14.2 Å². The van der Waals surface area contributed by atoms with Gasteiger partial charge in [0.25, 0.3) is 11.5 Å². The number of carbonyl (C=O) groups excluding carboxylic acids is 1. The fourth-order valence-electron chi connectivity index (χ4n) is 3.55. The zero-order valence-corrected chi connectivity index (χ0v) is 16.2. The van der Waals surface area contributed by atoms with Crippen LogP contribution in [0.15, 0.2) is 29.1 Å². The summed E-state index contributed by atoms with van der Waals surface area (Å²) in [6, 6.07) is 7.92. The van der Waals surface area contributed by atoms with Gasteiger partial charge < -0.3 is 10.1 Å². The predicted molar refractivity (Wildman–Crippen MR) is 105 cm³/mol. The van der Waals surface area contributed by atoms with Gasteiger partial charge >= 0.3 is 0 Å². The highest BCUT2D eigenvalue weighted by atomic mass is 32.1. The first-order chi connectivity index (χ1) is 13.1. The van der Waals surface area contributed by atoms with Crippen LogP contribution >= 0.6 is 11.3 Å². The number of benzene rings is 1. The van der Waals surface area contributed by atoms with Crippen LogP contribution in [0.4, 0.5) is 0 Å². The van der Waals surface area contributed by atoms with Crippen LogP contribution in [0.1, 0.15) is 38.6 Å². The molecule has 27 heavy (non-hydrogen) atoms. The van der Waals surface area contributed by atoms with Crippen molar-refractivity contribution in [2.45, 2.75) is 39.5 Å². The summed E-state index contributed by atoms with van der Waals surface area (Å²) in [5, 5.41) is 3.54. The Balaban J connectivity index is 1.58. The Morgan fingerprint density at radius 1 is 1.37 bits per heavy atom. The quantitative estimate of drug-likeness (QED) is 0.735. The number of aromatic nitrogens is 2. The third-order valence-electron chi connectivity index (χ3n) is 4.87. The van der Waals surface area contributed by atoms with Crippen molar-refractivity contribution in [3.63, 3.8) is 0 Å². The van der Waals surface area contributed by atoms with Crippen molar-refractivity contribution in [2.75, 3.05) is 7.11 Å². The number of nitrogens with zero attached hydrogens (tertiary/aromatic N) is 2. The van der Waals surface area contributed by atoms with Crippen molar-refractivity contribution in [1.82, 2.24) is 14.9 Å². The van der Waals surface area contributed by atoms with E-state index in [0.29, 0.717) is 34.8 Å². The summed E-state index contributed by atoms with van der Waals surface area (Å²) in [5.74, 6) is 0.660. The van der Waals surface area contributed by atoms with E-state index in [1.165, 1.54) is 11.3 Å². The summed E-state index contributed by atoms with van der Waals surface area (Å²) in [6.45, 7) is 3.51. The highest BCUT2D eigenvalue weighted by Crippen LogP contribution is 2.28. The van der Waals surface area contributed by atoms with Gasteiger partial charge in [0.2, 0.25) is 0 Å². The van der Waals surface area contributed by atoms with E-state index in [1.54, 1.807) is 11.7 Å². The summed E-state index contributed by atoms with van der Waals surface area (Å²) >= 11 is 1.30. The third-order valence-corrected chi connectivity index (χ3v) is 6.06. The zero-order chi connectivity index (χ0) is 19.0. The molecule has 3 heterocycles. The Hall–Kier alpha value is -2.51. The molecule has 0 saturated carbocycles. The van der Waals surface area contributed by atoms with E-state index in [2.05, 4.69) is 10.3 Å². The fraction of sp³-hybridized carbons (Fsp3) is 0.350. The van der Waals surface area contributed by atoms with Gasteiger partial charge in [0.15, 0.2) is 0 Å². The fourth-order valence-corrected chi connectivity index (χ4v) is 4.66. The zero-order valence-electron chi connectivity index (χ0n) is 15.4. The number of nitrogens with one attached hydrogen (secondary N) is 1. The monoisotopic (exact) mass is 383 g/mol.